The molecule has 0 aliphatic heterocycles. The number of unbranched alkanes of at least 4 members (excludes halogenated alkanes) is 31. The molecule has 0 fully saturated rings. The van der Waals surface area contributed by atoms with E-state index in [1.54, 1.807) is 11.1 Å². The van der Waals surface area contributed by atoms with Crippen LogP contribution in [-0.4, -0.2) is 33.0 Å². The molecule has 0 amide bonds. The molecule has 0 spiro atoms. The maximum Gasteiger partial charge on any atom is 0.146 e. The van der Waals surface area contributed by atoms with E-state index in [0.717, 1.165) is 126 Å². The van der Waals surface area contributed by atoms with Gasteiger partial charge in [0.15, 0.2) is 0 Å². The number of aryl methyl sites for hydroxylation is 4. The van der Waals surface area contributed by atoms with E-state index in [0.29, 0.717) is 26.4 Å². The molecule has 1 aliphatic carbocycles. The van der Waals surface area contributed by atoms with Crippen LogP contribution in [0.15, 0.2) is 152 Å². The van der Waals surface area contributed by atoms with E-state index < -0.39 is 0 Å². The monoisotopic (exact) mass is 1610 g/mol. The van der Waals surface area contributed by atoms with Gasteiger partial charge >= 0.3 is 0 Å². The number of fused-ring (bicyclic) bond motifs is 3. The molecule has 9 aromatic rings. The molecule has 10 rings (SSSR count). The molecule has 0 bridgehead atoms. The number of hydrogen-bond acceptors (Lipinski definition) is 9. The SMILES string of the molecule is CCCCCCCCOc1ccc(N(c2ccc(-c3cc(-c4ccc(N(c5ccc(C)cc5C)c5ccc(OCCCCCCCC)cc5OCCCCCCCC)cc4)cc(-c4cc5c(s4)-c4sc(C)cc4C5(CCCCCC)CCCCCC)c3)cc2)c2ccc(OCCCCCCCC)cc2OCCCCCCCC)c(C)c1. The highest BCUT2D eigenvalue weighted by molar-refractivity contribution is 7.24. The molecule has 0 atom stereocenters. The van der Waals surface area contributed by atoms with E-state index in [2.05, 4.69) is 238 Å². The largest absolute Gasteiger partial charge is 0.494 e. The minimum absolute atomic E-state index is 0.0185. The standard InChI is InChI=1S/C107H148N2O5S2/c1-12-19-26-33-38-45-68-110-93-59-63-99(84(10)74-93)109(101-65-61-95(112-70-47-40-35-28-21-14-3)80-103(101)114-72-49-42-37-30-23-16-5)92-57-53-87(54-58-92)89-76-88(77-90(78-89)104-81-97-106(116-104)105-96(75-85(11)115-105)107(97,66-43-31-24-17-6)67-44-32-25-18-7)86-51-55-91(56-52-86)108(98-62-50-82(8)73-83(98)9)100-64-60-94(111-69-46-39-34-27-20-13-2)79-102(100)113-71-48-41-36-29-22-15-4/h50-65,73-81H,12-49,66-72H2,1-11H3. The first kappa shape index (κ1) is 90.9. The van der Waals surface area contributed by atoms with Crippen LogP contribution in [0.5, 0.6) is 28.7 Å². The Kier molecular flexibility index (Phi) is 39.0. The average molecular weight is 1610 g/mol. The van der Waals surface area contributed by atoms with Crippen molar-refractivity contribution in [2.24, 2.45) is 0 Å². The molecule has 7 nitrogen and oxygen atoms in total. The van der Waals surface area contributed by atoms with Crippen molar-refractivity contribution >= 4 is 56.8 Å². The molecule has 0 N–H and O–H groups in total. The lowest BCUT2D eigenvalue weighted by Crippen LogP contribution is -2.25. The summed E-state index contributed by atoms with van der Waals surface area (Å²) in [6, 6.07) is 58.2. The van der Waals surface area contributed by atoms with Crippen molar-refractivity contribution in [1.29, 1.82) is 0 Å². The van der Waals surface area contributed by atoms with Crippen LogP contribution in [0.25, 0.3) is 42.4 Å². The van der Waals surface area contributed by atoms with Crippen molar-refractivity contribution in [2.75, 3.05) is 42.8 Å². The Morgan fingerprint density at radius 1 is 0.267 bits per heavy atom. The number of ether oxygens (including phenoxy) is 5. The third-order valence-electron chi connectivity index (χ3n) is 24.0. The summed E-state index contributed by atoms with van der Waals surface area (Å²) in [5.74, 6) is 4.32. The Hall–Kier alpha value is -7.46. The van der Waals surface area contributed by atoms with Crippen LogP contribution < -0.4 is 33.5 Å². The molecule has 0 saturated heterocycles. The van der Waals surface area contributed by atoms with Crippen LogP contribution in [0.2, 0.25) is 0 Å². The van der Waals surface area contributed by atoms with Crippen molar-refractivity contribution in [2.45, 2.75) is 338 Å². The van der Waals surface area contributed by atoms with Gasteiger partial charge in [-0.2, -0.15) is 0 Å². The van der Waals surface area contributed by atoms with Crippen LogP contribution in [0.4, 0.5) is 34.1 Å². The number of hydrogen-bond donors (Lipinski definition) is 0. The zero-order valence-corrected chi connectivity index (χ0v) is 75.6. The van der Waals surface area contributed by atoms with Crippen molar-refractivity contribution < 1.29 is 23.7 Å². The second-order valence-corrected chi connectivity index (χ2v) is 36.1. The predicted octanol–water partition coefficient (Wildman–Crippen LogP) is 34.9. The van der Waals surface area contributed by atoms with Crippen LogP contribution in [0, 0.1) is 27.7 Å². The molecular weight excluding hydrogens is 1460 g/mol. The Labute approximate surface area is 712 Å². The molecule has 0 radical (unpaired) electrons. The number of rotatable bonds is 59. The number of benzene rings is 7. The van der Waals surface area contributed by atoms with Crippen LogP contribution >= 0.6 is 22.7 Å². The molecule has 9 heteroatoms. The highest BCUT2D eigenvalue weighted by Gasteiger charge is 2.45. The van der Waals surface area contributed by atoms with Gasteiger partial charge in [-0.15, -0.1) is 22.7 Å². The van der Waals surface area contributed by atoms with E-state index in [9.17, 15) is 0 Å². The molecule has 1 aliphatic rings. The summed E-state index contributed by atoms with van der Waals surface area (Å²) in [4.78, 5) is 10.6. The third-order valence-corrected chi connectivity index (χ3v) is 26.4. The second kappa shape index (κ2) is 49.8. The summed E-state index contributed by atoms with van der Waals surface area (Å²) in [6.45, 7) is 28.6. The molecule has 2 heterocycles. The summed E-state index contributed by atoms with van der Waals surface area (Å²) in [5, 5.41) is 0. The molecule has 2 aromatic heterocycles. The highest BCUT2D eigenvalue weighted by atomic mass is 32.1. The summed E-state index contributed by atoms with van der Waals surface area (Å²) in [6.07, 6.45) is 49.0. The quantitative estimate of drug-likeness (QED) is 0.0352. The van der Waals surface area contributed by atoms with E-state index in [4.69, 9.17) is 23.7 Å². The maximum absolute atomic E-state index is 7.04. The number of nitrogens with zero attached hydrogens (tertiary/aromatic N) is 2. The highest BCUT2D eigenvalue weighted by Crippen LogP contribution is 2.61. The van der Waals surface area contributed by atoms with Gasteiger partial charge in [0.05, 0.1) is 44.4 Å². The lowest BCUT2D eigenvalue weighted by molar-refractivity contribution is 0.290. The first-order valence-electron chi connectivity index (χ1n) is 46.8. The van der Waals surface area contributed by atoms with Crippen LogP contribution in [-0.2, 0) is 5.41 Å². The third kappa shape index (κ3) is 26.5. The number of anilines is 6. The fourth-order valence-corrected chi connectivity index (χ4v) is 19.8. The topological polar surface area (TPSA) is 52.6 Å². The lowest BCUT2D eigenvalue weighted by atomic mass is 9.71. The van der Waals surface area contributed by atoms with Gasteiger partial charge in [0.2, 0.25) is 0 Å². The molecular formula is C107H148N2O5S2. The van der Waals surface area contributed by atoms with E-state index in [1.807, 2.05) is 22.7 Å². The van der Waals surface area contributed by atoms with E-state index >= 15 is 0 Å². The van der Waals surface area contributed by atoms with Gasteiger partial charge in [0, 0.05) is 59.8 Å². The summed E-state index contributed by atoms with van der Waals surface area (Å²) in [7, 11) is 0. The molecule has 0 unspecified atom stereocenters. The second-order valence-electron chi connectivity index (χ2n) is 33.8. The molecule has 0 saturated carbocycles. The first-order valence-corrected chi connectivity index (χ1v) is 48.4. The predicted molar refractivity (Wildman–Crippen MR) is 505 cm³/mol. The van der Waals surface area contributed by atoms with Crippen LogP contribution in [0.1, 0.15) is 338 Å². The summed E-state index contributed by atoms with van der Waals surface area (Å²) >= 11 is 4.06. The van der Waals surface area contributed by atoms with Crippen LogP contribution in [0.3, 0.4) is 0 Å². The van der Waals surface area contributed by atoms with Gasteiger partial charge in [-0.3, -0.25) is 0 Å². The van der Waals surface area contributed by atoms with Gasteiger partial charge in [-0.05, 0) is 226 Å². The minimum Gasteiger partial charge on any atom is -0.494 e. The maximum atomic E-state index is 7.04. The Morgan fingerprint density at radius 2 is 0.595 bits per heavy atom. The Balaban J connectivity index is 1.08. The molecule has 116 heavy (non-hydrogen) atoms. The van der Waals surface area contributed by atoms with Gasteiger partial charge < -0.3 is 33.5 Å². The normalized spacial score (nSPS) is 12.2. The van der Waals surface area contributed by atoms with E-state index in [1.165, 1.54) is 265 Å². The van der Waals surface area contributed by atoms with Crippen molar-refractivity contribution in [3.05, 3.63) is 184 Å². The van der Waals surface area contributed by atoms with Crippen molar-refractivity contribution in [3.63, 3.8) is 0 Å². The fourth-order valence-electron chi connectivity index (χ4n) is 17.3. The molecule has 628 valence electrons. The summed E-state index contributed by atoms with van der Waals surface area (Å²) in [5.41, 5.74) is 19.1. The summed E-state index contributed by atoms with van der Waals surface area (Å²) < 4.78 is 33.8. The van der Waals surface area contributed by atoms with Gasteiger partial charge in [0.25, 0.3) is 0 Å². The van der Waals surface area contributed by atoms with Gasteiger partial charge in [0.1, 0.15) is 28.7 Å². The average Bonchev–Trinajstić information content (AvgIpc) is 1.55. The smallest absolute Gasteiger partial charge is 0.146 e. The van der Waals surface area contributed by atoms with Gasteiger partial charge in [-0.25, -0.2) is 0 Å². The Morgan fingerprint density at radius 3 is 0.991 bits per heavy atom. The van der Waals surface area contributed by atoms with Crippen molar-refractivity contribution in [3.8, 4) is 71.2 Å². The zero-order chi connectivity index (χ0) is 81.5. The fraction of sp³-hybridized carbons (Fsp3) is 0.533. The zero-order valence-electron chi connectivity index (χ0n) is 74.0. The first-order chi connectivity index (χ1) is 56.9. The lowest BCUT2D eigenvalue weighted by Gasteiger charge is -2.31. The molecule has 7 aromatic carbocycles. The van der Waals surface area contributed by atoms with Gasteiger partial charge in [-0.1, -0.05) is 302 Å². The Bertz CT molecular complexity index is 4290. The van der Waals surface area contributed by atoms with E-state index in [-0.39, 0.29) is 5.41 Å². The minimum atomic E-state index is 0.0185. The van der Waals surface area contributed by atoms with Crippen molar-refractivity contribution in [1.82, 2.24) is 0 Å². The number of thiophene rings is 2.